The quantitative estimate of drug-likeness (QED) is 0.332. The molecule has 3 heterocycles. The van der Waals surface area contributed by atoms with Crippen LogP contribution in [0, 0.1) is 11.3 Å². The summed E-state index contributed by atoms with van der Waals surface area (Å²) in [4.78, 5) is 22.2. The summed E-state index contributed by atoms with van der Waals surface area (Å²) in [5.41, 5.74) is 2.60. The summed E-state index contributed by atoms with van der Waals surface area (Å²) in [5, 5.41) is 14.0. The molecule has 184 valence electrons. The zero-order valence-corrected chi connectivity index (χ0v) is 20.3. The van der Waals surface area contributed by atoms with Crippen LogP contribution < -0.4 is 4.74 Å². The number of rotatable bonds is 9. The van der Waals surface area contributed by atoms with Gasteiger partial charge in [-0.1, -0.05) is 23.4 Å². The van der Waals surface area contributed by atoms with Crippen LogP contribution in [0.2, 0.25) is 0 Å². The summed E-state index contributed by atoms with van der Waals surface area (Å²) in [6.07, 6.45) is 2.31. The Balaban J connectivity index is 1.16. The number of benzene rings is 2. The fourth-order valence-corrected chi connectivity index (χ4v) is 4.59. The van der Waals surface area contributed by atoms with Crippen LogP contribution in [0.4, 0.5) is 0 Å². The molecule has 0 aliphatic carbocycles. The first-order valence-corrected chi connectivity index (χ1v) is 12.0. The predicted molar refractivity (Wildman–Crippen MR) is 135 cm³/mol. The van der Waals surface area contributed by atoms with Crippen molar-refractivity contribution in [3.8, 4) is 23.2 Å². The number of para-hydroxylation sites is 1. The van der Waals surface area contributed by atoms with Crippen LogP contribution in [0.3, 0.4) is 0 Å². The number of aromatic nitrogens is 3. The minimum Gasteiger partial charge on any atom is -0.497 e. The molecule has 5 rings (SSSR count). The van der Waals surface area contributed by atoms with Gasteiger partial charge >= 0.3 is 0 Å². The monoisotopic (exact) mass is 484 g/mol. The lowest BCUT2D eigenvalue weighted by Crippen LogP contribution is -2.47. The fourth-order valence-electron chi connectivity index (χ4n) is 4.59. The van der Waals surface area contributed by atoms with E-state index in [9.17, 15) is 4.79 Å². The van der Waals surface area contributed by atoms with Crippen LogP contribution in [0.1, 0.15) is 22.7 Å². The largest absolute Gasteiger partial charge is 0.497 e. The average Bonchev–Trinajstić information content (AvgIpc) is 3.53. The Morgan fingerprint density at radius 3 is 2.58 bits per heavy atom. The maximum absolute atomic E-state index is 13.2. The van der Waals surface area contributed by atoms with E-state index in [2.05, 4.69) is 26.0 Å². The van der Waals surface area contributed by atoms with Crippen molar-refractivity contribution in [1.82, 2.24) is 24.5 Å². The molecule has 1 saturated heterocycles. The van der Waals surface area contributed by atoms with E-state index in [1.54, 1.807) is 7.11 Å². The molecular weight excluding hydrogens is 456 g/mol. The molecule has 1 fully saturated rings. The summed E-state index contributed by atoms with van der Waals surface area (Å²) in [7, 11) is 1.63. The Labute approximate surface area is 209 Å². The van der Waals surface area contributed by atoms with Crippen molar-refractivity contribution in [2.45, 2.75) is 19.5 Å². The summed E-state index contributed by atoms with van der Waals surface area (Å²) in [6, 6.07) is 17.6. The third kappa shape index (κ3) is 5.15. The average molecular weight is 485 g/mol. The minimum absolute atomic E-state index is 0.108. The molecule has 0 spiro atoms. The van der Waals surface area contributed by atoms with Gasteiger partial charge < -0.3 is 13.8 Å². The number of hydrogen-bond donors (Lipinski definition) is 0. The van der Waals surface area contributed by atoms with Crippen molar-refractivity contribution in [2.75, 3.05) is 39.8 Å². The van der Waals surface area contributed by atoms with Gasteiger partial charge in [0.2, 0.25) is 11.7 Å². The number of nitrogens with zero attached hydrogens (tertiary/aromatic N) is 6. The highest BCUT2D eigenvalue weighted by Crippen LogP contribution is 2.23. The van der Waals surface area contributed by atoms with E-state index in [1.165, 1.54) is 0 Å². The van der Waals surface area contributed by atoms with Gasteiger partial charge in [-0.05, 0) is 30.3 Å². The first kappa shape index (κ1) is 23.7. The SMILES string of the molecule is COc1ccc(-c2noc(CN3CCN(CC(=O)c4cn(CCC#N)c5ccccc45)CC3)n2)cc1. The number of methoxy groups -OCH3 is 1. The van der Waals surface area contributed by atoms with E-state index in [-0.39, 0.29) is 5.78 Å². The number of Topliss-reactive ketones (excluding diaryl/α,β-unsaturated/α-hetero) is 1. The van der Waals surface area contributed by atoms with Crippen LogP contribution in [0.5, 0.6) is 5.75 Å². The number of carbonyl (C=O) groups is 1. The Morgan fingerprint density at radius 2 is 1.83 bits per heavy atom. The molecular formula is C27H28N6O3. The second-order valence-electron chi connectivity index (χ2n) is 8.88. The number of carbonyl (C=O) groups excluding carboxylic acids is 1. The van der Waals surface area contributed by atoms with Gasteiger partial charge in [0.15, 0.2) is 5.78 Å². The summed E-state index contributed by atoms with van der Waals surface area (Å²) in [6.45, 7) is 4.75. The maximum Gasteiger partial charge on any atom is 0.241 e. The second-order valence-corrected chi connectivity index (χ2v) is 8.88. The molecule has 1 aliphatic rings. The molecule has 9 heteroatoms. The molecule has 9 nitrogen and oxygen atoms in total. The Morgan fingerprint density at radius 1 is 1.08 bits per heavy atom. The summed E-state index contributed by atoms with van der Waals surface area (Å²) >= 11 is 0. The highest BCUT2D eigenvalue weighted by atomic mass is 16.5. The number of nitriles is 1. The van der Waals surface area contributed by atoms with Crippen molar-refractivity contribution in [3.05, 3.63) is 66.2 Å². The number of hydrogen-bond acceptors (Lipinski definition) is 8. The van der Waals surface area contributed by atoms with Crippen LogP contribution >= 0.6 is 0 Å². The summed E-state index contributed by atoms with van der Waals surface area (Å²) in [5.74, 6) is 2.03. The van der Waals surface area contributed by atoms with Crippen LogP contribution in [0.25, 0.3) is 22.3 Å². The normalized spacial score (nSPS) is 14.7. The van der Waals surface area contributed by atoms with Gasteiger partial charge in [0.25, 0.3) is 0 Å². The number of ketones is 1. The molecule has 0 amide bonds. The van der Waals surface area contributed by atoms with Crippen LogP contribution in [-0.2, 0) is 13.1 Å². The van der Waals surface area contributed by atoms with Crippen molar-refractivity contribution in [3.63, 3.8) is 0 Å². The van der Waals surface area contributed by atoms with E-state index >= 15 is 0 Å². The minimum atomic E-state index is 0.108. The second kappa shape index (κ2) is 10.7. The Kier molecular flexibility index (Phi) is 7.07. The number of fused-ring (bicyclic) bond motifs is 1. The third-order valence-electron chi connectivity index (χ3n) is 6.56. The van der Waals surface area contributed by atoms with Crippen LogP contribution in [-0.4, -0.2) is 70.1 Å². The standard InChI is InChI=1S/C27H28N6O3/c1-35-21-9-7-20(8-10-21)27-29-26(36-30-27)19-32-15-13-31(14-16-32)18-25(34)23-17-33(12-4-11-28)24-6-3-2-5-22(23)24/h2-3,5-10,17H,4,12-16,18-19H2,1H3. The molecule has 0 unspecified atom stereocenters. The topological polar surface area (TPSA) is 100 Å². The van der Waals surface area contributed by atoms with Crippen LogP contribution in [0.15, 0.2) is 59.3 Å². The van der Waals surface area contributed by atoms with Gasteiger partial charge in [0, 0.05) is 61.0 Å². The lowest BCUT2D eigenvalue weighted by atomic mass is 10.1. The molecule has 0 atom stereocenters. The molecule has 1 aliphatic heterocycles. The Bertz CT molecular complexity index is 1380. The van der Waals surface area contributed by atoms with Crippen molar-refractivity contribution >= 4 is 16.7 Å². The van der Waals surface area contributed by atoms with Crippen molar-refractivity contribution < 1.29 is 14.1 Å². The van der Waals surface area contributed by atoms with E-state index in [1.807, 2.05) is 59.3 Å². The zero-order valence-electron chi connectivity index (χ0n) is 20.3. The molecule has 0 saturated carbocycles. The number of ether oxygens (including phenoxy) is 1. The van der Waals surface area contributed by atoms with Gasteiger partial charge in [0.1, 0.15) is 5.75 Å². The Hall–Kier alpha value is -4.00. The molecule has 0 bridgehead atoms. The highest BCUT2D eigenvalue weighted by Gasteiger charge is 2.23. The molecule has 4 aromatic rings. The number of aryl methyl sites for hydroxylation is 1. The molecule has 2 aromatic carbocycles. The lowest BCUT2D eigenvalue weighted by molar-refractivity contribution is 0.0828. The fraction of sp³-hybridized carbons (Fsp3) is 0.333. The maximum atomic E-state index is 13.2. The van der Waals surface area contributed by atoms with Gasteiger partial charge in [-0.2, -0.15) is 10.2 Å². The smallest absolute Gasteiger partial charge is 0.241 e. The molecule has 0 radical (unpaired) electrons. The van der Waals surface area contributed by atoms with Gasteiger partial charge in [-0.25, -0.2) is 0 Å². The van der Waals surface area contributed by atoms with E-state index in [0.717, 1.165) is 54.0 Å². The molecule has 0 N–H and O–H groups in total. The lowest BCUT2D eigenvalue weighted by Gasteiger charge is -2.33. The molecule has 2 aromatic heterocycles. The zero-order chi connectivity index (χ0) is 24.9. The van der Waals surface area contributed by atoms with Gasteiger partial charge in [-0.3, -0.25) is 14.6 Å². The predicted octanol–water partition coefficient (Wildman–Crippen LogP) is 3.61. The highest BCUT2D eigenvalue weighted by molar-refractivity contribution is 6.09. The van der Waals surface area contributed by atoms with Crippen molar-refractivity contribution in [2.24, 2.45) is 0 Å². The van der Waals surface area contributed by atoms with E-state index in [0.29, 0.717) is 37.8 Å². The first-order chi connectivity index (χ1) is 17.6. The van der Waals surface area contributed by atoms with Crippen molar-refractivity contribution in [1.29, 1.82) is 5.26 Å². The molecule has 36 heavy (non-hydrogen) atoms. The summed E-state index contributed by atoms with van der Waals surface area (Å²) < 4.78 is 12.7. The van der Waals surface area contributed by atoms with E-state index in [4.69, 9.17) is 14.5 Å². The van der Waals surface area contributed by atoms with Gasteiger partial charge in [-0.15, -0.1) is 0 Å². The van der Waals surface area contributed by atoms with E-state index < -0.39 is 0 Å². The number of piperazine rings is 1. The third-order valence-corrected chi connectivity index (χ3v) is 6.56. The van der Waals surface area contributed by atoms with Gasteiger partial charge in [0.05, 0.1) is 32.7 Å². The first-order valence-electron chi connectivity index (χ1n) is 12.0.